The molecule has 9 nitrogen and oxygen atoms in total. The Morgan fingerprint density at radius 3 is 2.29 bits per heavy atom. The molecular weight excluding hydrogens is 481 g/mol. The van der Waals surface area contributed by atoms with Crippen LogP contribution in [0.25, 0.3) is 17.2 Å². The van der Waals surface area contributed by atoms with Gasteiger partial charge in [-0.3, -0.25) is 5.10 Å². The van der Waals surface area contributed by atoms with E-state index in [4.69, 9.17) is 19.8 Å². The molecule has 1 aliphatic heterocycles. The van der Waals surface area contributed by atoms with Gasteiger partial charge in [-0.1, -0.05) is 48.5 Å². The molecule has 0 unspecified atom stereocenters. The van der Waals surface area contributed by atoms with E-state index in [-0.39, 0.29) is 30.5 Å². The van der Waals surface area contributed by atoms with Crippen molar-refractivity contribution in [3.8, 4) is 17.2 Å². The monoisotopic (exact) mass is 511 g/mol. The van der Waals surface area contributed by atoms with E-state index in [1.54, 1.807) is 6.08 Å². The molecule has 2 aromatic carbocycles. The first-order chi connectivity index (χ1) is 18.1. The van der Waals surface area contributed by atoms with Gasteiger partial charge in [0, 0.05) is 12.5 Å². The van der Waals surface area contributed by atoms with Gasteiger partial charge in [0.2, 0.25) is 0 Å². The predicted octanol–water partition coefficient (Wildman–Crippen LogP) is 4.42. The van der Waals surface area contributed by atoms with Crippen molar-refractivity contribution in [2.45, 2.75) is 44.8 Å². The first kappa shape index (κ1) is 25.6. The molecule has 0 radical (unpaired) electrons. The number of anilines is 1. The standard InChI is InChI=1S/C28H30BN5O4/c1-27(2)28(3,4)38-29(37-27)17(13-24-22(14-30)25(31)34-33-24)15-32-26(35)36-16-23-20-11-7-5-9-18(20)19-10-6-8-12-21(19)23/h5-13,23H,15-16H2,1-4H3,(H,32,35)(H3,31,33,34). The summed E-state index contributed by atoms with van der Waals surface area (Å²) in [5.74, 6) is 0.0499. The van der Waals surface area contributed by atoms with Crippen LogP contribution in [0.2, 0.25) is 0 Å². The number of fused-ring (bicyclic) bond motifs is 3. The highest BCUT2D eigenvalue weighted by Gasteiger charge is 2.52. The number of nitrogens with two attached hydrogens (primary N) is 1. The van der Waals surface area contributed by atoms with Crippen LogP contribution in [0, 0.1) is 11.3 Å². The predicted molar refractivity (Wildman–Crippen MR) is 145 cm³/mol. The van der Waals surface area contributed by atoms with Crippen molar-refractivity contribution >= 4 is 25.1 Å². The Morgan fingerprint density at radius 2 is 1.71 bits per heavy atom. The minimum absolute atomic E-state index is 0.0441. The van der Waals surface area contributed by atoms with E-state index in [0.717, 1.165) is 22.3 Å². The minimum atomic E-state index is -0.759. The number of carbonyl (C=O) groups excluding carboxylic acids is 1. The van der Waals surface area contributed by atoms with Gasteiger partial charge in [-0.15, -0.1) is 0 Å². The number of ether oxygens (including phenoxy) is 1. The van der Waals surface area contributed by atoms with Crippen LogP contribution in [0.4, 0.5) is 10.6 Å². The third kappa shape index (κ3) is 4.55. The lowest BCUT2D eigenvalue weighted by molar-refractivity contribution is 0.00578. The molecule has 0 spiro atoms. The number of benzene rings is 2. The van der Waals surface area contributed by atoms with E-state index in [0.29, 0.717) is 11.2 Å². The SMILES string of the molecule is CC1(C)OB(C(=Cc2[nH]nc(N)c2C#N)CNC(=O)OCC2c3ccccc3-c3ccccc32)OC1(C)C. The highest BCUT2D eigenvalue weighted by Crippen LogP contribution is 2.44. The molecule has 10 heteroatoms. The Kier molecular flexibility index (Phi) is 6.51. The van der Waals surface area contributed by atoms with Crippen molar-refractivity contribution < 1.29 is 18.8 Å². The molecule has 1 aliphatic carbocycles. The number of alkyl carbamates (subject to hydrolysis) is 1. The number of hydrogen-bond acceptors (Lipinski definition) is 7. The van der Waals surface area contributed by atoms with Crippen LogP contribution in [0.15, 0.2) is 54.0 Å². The van der Waals surface area contributed by atoms with Crippen LogP contribution in [-0.2, 0) is 14.0 Å². The molecule has 1 aromatic heterocycles. The summed E-state index contributed by atoms with van der Waals surface area (Å²) >= 11 is 0. The summed E-state index contributed by atoms with van der Waals surface area (Å²) in [4.78, 5) is 12.8. The molecule has 0 atom stereocenters. The largest absolute Gasteiger partial charge is 0.492 e. The quantitative estimate of drug-likeness (QED) is 0.417. The Balaban J connectivity index is 1.31. The summed E-state index contributed by atoms with van der Waals surface area (Å²) in [5, 5.41) is 19.0. The highest BCUT2D eigenvalue weighted by atomic mass is 16.7. The second kappa shape index (κ2) is 9.67. The number of hydrogen-bond donors (Lipinski definition) is 3. The average Bonchev–Trinajstić information content (AvgIpc) is 3.48. The van der Waals surface area contributed by atoms with E-state index < -0.39 is 24.4 Å². The van der Waals surface area contributed by atoms with Crippen molar-refractivity contribution in [3.63, 3.8) is 0 Å². The number of carbonyl (C=O) groups is 1. The zero-order chi connectivity index (χ0) is 27.1. The number of aromatic nitrogens is 2. The second-order valence-electron chi connectivity index (χ2n) is 10.5. The van der Waals surface area contributed by atoms with Gasteiger partial charge < -0.3 is 25.1 Å². The second-order valence-corrected chi connectivity index (χ2v) is 10.5. The summed E-state index contributed by atoms with van der Waals surface area (Å²) in [6, 6.07) is 18.4. The molecule has 1 fully saturated rings. The molecule has 3 aromatic rings. The van der Waals surface area contributed by atoms with E-state index in [9.17, 15) is 10.1 Å². The number of nitrogens with zero attached hydrogens (tertiary/aromatic N) is 2. The summed E-state index contributed by atoms with van der Waals surface area (Å²) in [6.45, 7) is 8.04. The lowest BCUT2D eigenvalue weighted by Gasteiger charge is -2.32. The Labute approximate surface area is 222 Å². The summed E-state index contributed by atoms with van der Waals surface area (Å²) in [6.07, 6.45) is 1.10. The van der Waals surface area contributed by atoms with E-state index in [1.165, 1.54) is 0 Å². The van der Waals surface area contributed by atoms with Gasteiger partial charge in [0.15, 0.2) is 5.82 Å². The first-order valence-corrected chi connectivity index (χ1v) is 12.5. The third-order valence-corrected chi connectivity index (χ3v) is 7.60. The molecule has 4 N–H and O–H groups in total. The molecule has 0 bridgehead atoms. The van der Waals surface area contributed by atoms with Crippen LogP contribution >= 0.6 is 0 Å². The summed E-state index contributed by atoms with van der Waals surface area (Å²) in [5.41, 5.74) is 10.4. The number of nitrogen functional groups attached to an aromatic ring is 1. The normalized spacial score (nSPS) is 17.6. The van der Waals surface area contributed by atoms with Crippen molar-refractivity contribution in [2.24, 2.45) is 0 Å². The molecule has 0 saturated carbocycles. The van der Waals surface area contributed by atoms with Gasteiger partial charge >= 0.3 is 13.2 Å². The van der Waals surface area contributed by atoms with Crippen LogP contribution in [0.3, 0.4) is 0 Å². The van der Waals surface area contributed by atoms with Gasteiger partial charge in [0.1, 0.15) is 18.2 Å². The summed E-state index contributed by atoms with van der Waals surface area (Å²) in [7, 11) is -0.759. The van der Waals surface area contributed by atoms with E-state index in [2.05, 4.69) is 39.8 Å². The van der Waals surface area contributed by atoms with Gasteiger partial charge in [0.25, 0.3) is 0 Å². The van der Waals surface area contributed by atoms with Crippen molar-refractivity contribution in [2.75, 3.05) is 18.9 Å². The fourth-order valence-electron chi connectivity index (χ4n) is 4.80. The van der Waals surface area contributed by atoms with E-state index in [1.807, 2.05) is 58.0 Å². The third-order valence-electron chi connectivity index (χ3n) is 7.60. The maximum Gasteiger partial charge on any atom is 0.492 e. The van der Waals surface area contributed by atoms with Gasteiger partial charge in [-0.25, -0.2) is 4.79 Å². The molecule has 1 saturated heterocycles. The Hall–Kier alpha value is -4.07. The molecule has 1 amide bonds. The number of nitriles is 1. The van der Waals surface area contributed by atoms with Crippen molar-refractivity contribution in [1.82, 2.24) is 15.5 Å². The van der Waals surface area contributed by atoms with Crippen LogP contribution in [0.1, 0.15) is 56.0 Å². The number of rotatable bonds is 6. The fourth-order valence-corrected chi connectivity index (χ4v) is 4.80. The Morgan fingerprint density at radius 1 is 1.13 bits per heavy atom. The average molecular weight is 511 g/mol. The Bertz CT molecular complexity index is 1390. The number of nitrogens with one attached hydrogen (secondary N) is 2. The lowest BCUT2D eigenvalue weighted by Crippen LogP contribution is -2.41. The van der Waals surface area contributed by atoms with Gasteiger partial charge in [-0.05, 0) is 61.5 Å². The maximum absolute atomic E-state index is 12.8. The number of aromatic amines is 1. The van der Waals surface area contributed by atoms with Crippen LogP contribution < -0.4 is 11.1 Å². The molecule has 2 aliphatic rings. The number of amides is 1. The molecule has 194 valence electrons. The van der Waals surface area contributed by atoms with Crippen LogP contribution in [-0.4, -0.2) is 47.8 Å². The zero-order valence-corrected chi connectivity index (χ0v) is 21.9. The van der Waals surface area contributed by atoms with Crippen LogP contribution in [0.5, 0.6) is 0 Å². The smallest absolute Gasteiger partial charge is 0.449 e. The van der Waals surface area contributed by atoms with Crippen molar-refractivity contribution in [1.29, 1.82) is 5.26 Å². The maximum atomic E-state index is 12.8. The first-order valence-electron chi connectivity index (χ1n) is 12.5. The fraction of sp³-hybridized carbons (Fsp3) is 0.321. The number of H-pyrrole nitrogens is 1. The van der Waals surface area contributed by atoms with Gasteiger partial charge in [0.05, 0.1) is 16.9 Å². The lowest BCUT2D eigenvalue weighted by atomic mass is 9.77. The molecular formula is C28H30BN5O4. The zero-order valence-electron chi connectivity index (χ0n) is 21.9. The summed E-state index contributed by atoms with van der Waals surface area (Å²) < 4.78 is 18.1. The van der Waals surface area contributed by atoms with Crippen molar-refractivity contribution in [3.05, 3.63) is 76.4 Å². The molecule has 5 rings (SSSR count). The molecule has 38 heavy (non-hydrogen) atoms. The highest BCUT2D eigenvalue weighted by molar-refractivity contribution is 6.56. The topological polar surface area (TPSA) is 135 Å². The molecule has 2 heterocycles. The van der Waals surface area contributed by atoms with E-state index >= 15 is 0 Å². The minimum Gasteiger partial charge on any atom is -0.449 e. The van der Waals surface area contributed by atoms with Gasteiger partial charge in [-0.2, -0.15) is 10.4 Å².